The number of fused-ring (bicyclic) bond motifs is 1. The van der Waals surface area contributed by atoms with E-state index < -0.39 is 23.1 Å². The van der Waals surface area contributed by atoms with Gasteiger partial charge in [-0.2, -0.15) is 5.10 Å². The number of likely N-dealkylation sites (tertiary alicyclic amines) is 1. The second-order valence-corrected chi connectivity index (χ2v) is 9.60. The van der Waals surface area contributed by atoms with Gasteiger partial charge in [0.25, 0.3) is 5.91 Å². The third-order valence-corrected chi connectivity index (χ3v) is 6.91. The number of aromatic nitrogens is 3. The van der Waals surface area contributed by atoms with E-state index >= 15 is 0 Å². The van der Waals surface area contributed by atoms with Crippen LogP contribution in [0.4, 0.5) is 14.6 Å². The molecular weight excluding hydrogens is 426 g/mol. The van der Waals surface area contributed by atoms with Gasteiger partial charge in [-0.3, -0.25) is 4.79 Å². The largest absolute Gasteiger partial charge is 0.355 e. The van der Waals surface area contributed by atoms with Crippen LogP contribution in [-0.4, -0.2) is 51.1 Å². The second kappa shape index (κ2) is 8.52. The Labute approximate surface area is 191 Å². The van der Waals surface area contributed by atoms with Gasteiger partial charge in [-0.05, 0) is 44.6 Å². The first-order valence-electron chi connectivity index (χ1n) is 11.8. The van der Waals surface area contributed by atoms with Crippen LogP contribution >= 0.6 is 0 Å². The molecule has 1 unspecified atom stereocenters. The van der Waals surface area contributed by atoms with Crippen molar-refractivity contribution >= 4 is 17.4 Å². The minimum absolute atomic E-state index is 0.0491. The molecule has 176 valence electrons. The Kier molecular flexibility index (Phi) is 5.68. The summed E-state index contributed by atoms with van der Waals surface area (Å²) in [6, 6.07) is 1.69. The minimum Gasteiger partial charge on any atom is -0.355 e. The fraction of sp³-hybridized carbons (Fsp3) is 0.542. The molecule has 0 spiro atoms. The fourth-order valence-electron chi connectivity index (χ4n) is 5.23. The summed E-state index contributed by atoms with van der Waals surface area (Å²) in [6.07, 6.45) is 6.66. The van der Waals surface area contributed by atoms with Crippen LogP contribution in [0.1, 0.15) is 56.3 Å². The molecule has 3 aliphatic rings. The van der Waals surface area contributed by atoms with E-state index in [4.69, 9.17) is 15.8 Å². The summed E-state index contributed by atoms with van der Waals surface area (Å²) in [4.78, 5) is 21.9. The van der Waals surface area contributed by atoms with Gasteiger partial charge in [0, 0.05) is 49.9 Å². The smallest absolute Gasteiger partial charge is 0.260 e. The third-order valence-electron chi connectivity index (χ3n) is 6.91. The first kappa shape index (κ1) is 22.0. The van der Waals surface area contributed by atoms with Crippen molar-refractivity contribution in [2.45, 2.75) is 58.0 Å². The van der Waals surface area contributed by atoms with Crippen molar-refractivity contribution in [2.24, 2.45) is 11.7 Å². The molecule has 9 heteroatoms. The van der Waals surface area contributed by atoms with E-state index in [2.05, 4.69) is 4.90 Å². The average Bonchev–Trinajstić information content (AvgIpc) is 3.38. The number of piperidine rings is 1. The molecule has 1 amide bonds. The van der Waals surface area contributed by atoms with Gasteiger partial charge < -0.3 is 15.5 Å². The van der Waals surface area contributed by atoms with E-state index in [1.54, 1.807) is 16.3 Å². The molecule has 2 aromatic heterocycles. The lowest BCUT2D eigenvalue weighted by molar-refractivity contribution is -0.131. The van der Waals surface area contributed by atoms with E-state index in [1.807, 2.05) is 19.2 Å². The number of nitrogens with two attached hydrogens (primary N) is 1. The zero-order valence-electron chi connectivity index (χ0n) is 19.1. The van der Waals surface area contributed by atoms with Crippen LogP contribution < -0.4 is 10.6 Å². The monoisotopic (exact) mass is 456 g/mol. The van der Waals surface area contributed by atoms with Crippen molar-refractivity contribution in [3.8, 4) is 0 Å². The van der Waals surface area contributed by atoms with Gasteiger partial charge in [0.05, 0.1) is 11.7 Å². The highest BCUT2D eigenvalue weighted by atomic mass is 19.1. The Bertz CT molecular complexity index is 1160. The van der Waals surface area contributed by atoms with Gasteiger partial charge in [0.2, 0.25) is 0 Å². The molecule has 0 radical (unpaired) electrons. The molecular formula is C24H30F2N6O. The van der Waals surface area contributed by atoms with E-state index in [9.17, 15) is 13.6 Å². The Morgan fingerprint density at radius 1 is 1.21 bits per heavy atom. The second-order valence-electron chi connectivity index (χ2n) is 9.60. The molecule has 2 N–H and O–H groups in total. The summed E-state index contributed by atoms with van der Waals surface area (Å²) in [6.45, 7) is 5.82. The van der Waals surface area contributed by atoms with Crippen molar-refractivity contribution < 1.29 is 13.6 Å². The van der Waals surface area contributed by atoms with Crippen LogP contribution in [0.5, 0.6) is 0 Å². The van der Waals surface area contributed by atoms with Gasteiger partial charge in [-0.25, -0.2) is 18.3 Å². The zero-order chi connectivity index (χ0) is 23.3. The summed E-state index contributed by atoms with van der Waals surface area (Å²) >= 11 is 0. The maximum Gasteiger partial charge on any atom is 0.260 e. The van der Waals surface area contributed by atoms with E-state index in [-0.39, 0.29) is 24.4 Å². The predicted molar refractivity (Wildman–Crippen MR) is 122 cm³/mol. The summed E-state index contributed by atoms with van der Waals surface area (Å²) in [5.41, 5.74) is 8.03. The molecule has 5 rings (SSSR count). The molecule has 2 aliphatic heterocycles. The van der Waals surface area contributed by atoms with Gasteiger partial charge in [-0.1, -0.05) is 6.92 Å². The number of halogens is 2. The number of allylic oxidation sites excluding steroid dienone is 2. The molecule has 0 saturated carbocycles. The van der Waals surface area contributed by atoms with E-state index in [0.29, 0.717) is 24.3 Å². The van der Waals surface area contributed by atoms with Crippen LogP contribution in [-0.2, 0) is 4.79 Å². The molecule has 33 heavy (non-hydrogen) atoms. The Hall–Kier alpha value is -2.81. The maximum absolute atomic E-state index is 14.6. The van der Waals surface area contributed by atoms with Gasteiger partial charge in [-0.15, -0.1) is 0 Å². The van der Waals surface area contributed by atoms with Crippen molar-refractivity contribution in [1.29, 1.82) is 0 Å². The standard InChI is InChI=1S/C24H30F2N6O/c1-14-9-17(25)22(18(26)10-14)24(33)31-7-4-3-5-20(31)19-11-21-28-23(15(2)12-32(21)29-19)30-8-6-16(27)13-30/h9,11-12,14,16,20H,3-8,10,13,27H2,1-2H3/t14?,16-,20-/m0/s1. The predicted octanol–water partition coefficient (Wildman–Crippen LogP) is 3.75. The number of carbonyl (C=O) groups excluding carboxylic acids is 1. The summed E-state index contributed by atoms with van der Waals surface area (Å²) in [7, 11) is 0. The molecule has 2 aromatic rings. The molecule has 4 heterocycles. The molecule has 7 nitrogen and oxygen atoms in total. The normalized spacial score (nSPS) is 26.3. The molecule has 0 aromatic carbocycles. The zero-order valence-corrected chi connectivity index (χ0v) is 19.1. The van der Waals surface area contributed by atoms with Gasteiger partial charge >= 0.3 is 0 Å². The van der Waals surface area contributed by atoms with Gasteiger partial charge in [0.15, 0.2) is 5.65 Å². The molecule has 2 fully saturated rings. The van der Waals surface area contributed by atoms with Crippen molar-refractivity contribution in [3.05, 3.63) is 46.8 Å². The van der Waals surface area contributed by atoms with Crippen molar-refractivity contribution in [2.75, 3.05) is 24.5 Å². The first-order valence-corrected chi connectivity index (χ1v) is 11.8. The Morgan fingerprint density at radius 3 is 2.76 bits per heavy atom. The number of hydrogen-bond donors (Lipinski definition) is 1. The van der Waals surface area contributed by atoms with Crippen molar-refractivity contribution in [3.63, 3.8) is 0 Å². The highest BCUT2D eigenvalue weighted by Crippen LogP contribution is 2.37. The van der Waals surface area contributed by atoms with Crippen LogP contribution in [0.15, 0.2) is 35.6 Å². The fourth-order valence-corrected chi connectivity index (χ4v) is 5.23. The number of carbonyl (C=O) groups is 1. The molecule has 1 aliphatic carbocycles. The highest BCUT2D eigenvalue weighted by Gasteiger charge is 2.36. The van der Waals surface area contributed by atoms with Crippen molar-refractivity contribution in [1.82, 2.24) is 19.5 Å². The molecule has 3 atom stereocenters. The number of amides is 1. The van der Waals surface area contributed by atoms with Crippen LogP contribution in [0, 0.1) is 12.8 Å². The van der Waals surface area contributed by atoms with Gasteiger partial charge in [0.1, 0.15) is 23.0 Å². The number of rotatable bonds is 3. The van der Waals surface area contributed by atoms with E-state index in [1.165, 1.54) is 6.08 Å². The topological polar surface area (TPSA) is 79.8 Å². The summed E-state index contributed by atoms with van der Waals surface area (Å²) in [5, 5.41) is 4.71. The Balaban J connectivity index is 1.47. The first-order chi connectivity index (χ1) is 15.8. The number of anilines is 1. The third kappa shape index (κ3) is 4.03. The lowest BCUT2D eigenvalue weighted by atomic mass is 9.93. The number of hydrogen-bond acceptors (Lipinski definition) is 5. The van der Waals surface area contributed by atoms with Crippen LogP contribution in [0.3, 0.4) is 0 Å². The Morgan fingerprint density at radius 2 is 2.03 bits per heavy atom. The average molecular weight is 457 g/mol. The quantitative estimate of drug-likeness (QED) is 0.761. The number of aryl methyl sites for hydroxylation is 1. The minimum atomic E-state index is -0.763. The summed E-state index contributed by atoms with van der Waals surface area (Å²) in [5.74, 6) is -1.38. The maximum atomic E-state index is 14.6. The summed E-state index contributed by atoms with van der Waals surface area (Å²) < 4.78 is 30.9. The SMILES string of the molecule is Cc1cn2nc([C@@H]3CCCCN3C(=O)C3=C(F)CC(C)C=C3F)cc2nc1N1CC[C@H](N)C1. The molecule has 2 saturated heterocycles. The lowest BCUT2D eigenvalue weighted by Crippen LogP contribution is -2.40. The van der Waals surface area contributed by atoms with Crippen LogP contribution in [0.2, 0.25) is 0 Å². The lowest BCUT2D eigenvalue weighted by Gasteiger charge is -2.35. The van der Waals surface area contributed by atoms with E-state index in [0.717, 1.165) is 43.7 Å². The number of nitrogens with zero attached hydrogens (tertiary/aromatic N) is 5. The van der Waals surface area contributed by atoms with Crippen LogP contribution in [0.25, 0.3) is 5.65 Å². The highest BCUT2D eigenvalue weighted by molar-refractivity contribution is 5.98. The molecule has 0 bridgehead atoms.